The lowest BCUT2D eigenvalue weighted by Crippen LogP contribution is -2.13. The van der Waals surface area contributed by atoms with Crippen LogP contribution in [0.1, 0.15) is 0 Å². The molecule has 0 atom stereocenters. The zero-order valence-electron chi connectivity index (χ0n) is 9.15. The van der Waals surface area contributed by atoms with E-state index >= 15 is 0 Å². The van der Waals surface area contributed by atoms with E-state index in [-0.39, 0.29) is 18.3 Å². The Balaban J connectivity index is 0.00000225. The number of rotatable bonds is 4. The lowest BCUT2D eigenvalue weighted by molar-refractivity contribution is -0.113. The highest BCUT2D eigenvalue weighted by Crippen LogP contribution is 2.24. The maximum absolute atomic E-state index is 11.3. The van der Waals surface area contributed by atoms with Crippen LogP contribution in [-0.2, 0) is 4.79 Å². The highest BCUT2D eigenvalue weighted by atomic mass is 35.5. The number of thioether (sulfide) groups is 1. The SMILES string of the molecule is COc1ccc(NC(=O)CSC)cc1N.Cl. The summed E-state index contributed by atoms with van der Waals surface area (Å²) >= 11 is 1.47. The predicted molar refractivity (Wildman–Crippen MR) is 71.7 cm³/mol. The molecule has 0 saturated heterocycles. The van der Waals surface area contributed by atoms with E-state index in [0.717, 1.165) is 0 Å². The Bertz CT molecular complexity index is 361. The van der Waals surface area contributed by atoms with Crippen molar-refractivity contribution in [3.05, 3.63) is 18.2 Å². The Kier molecular flexibility index (Phi) is 6.76. The number of nitrogen functional groups attached to an aromatic ring is 1. The Morgan fingerprint density at radius 2 is 2.25 bits per heavy atom. The van der Waals surface area contributed by atoms with Crippen LogP contribution in [0.3, 0.4) is 0 Å². The van der Waals surface area contributed by atoms with Crippen LogP contribution in [0.2, 0.25) is 0 Å². The number of methoxy groups -OCH3 is 1. The maximum atomic E-state index is 11.3. The molecule has 3 N–H and O–H groups in total. The molecule has 1 aromatic carbocycles. The van der Waals surface area contributed by atoms with Gasteiger partial charge in [0.25, 0.3) is 0 Å². The fraction of sp³-hybridized carbons (Fsp3) is 0.300. The Hall–Kier alpha value is -1.07. The number of nitrogens with two attached hydrogens (primary N) is 1. The van der Waals surface area contributed by atoms with Crippen LogP contribution in [0.4, 0.5) is 11.4 Å². The number of amides is 1. The summed E-state index contributed by atoms with van der Waals surface area (Å²) in [5.74, 6) is 1.01. The molecule has 0 spiro atoms. The van der Waals surface area contributed by atoms with Crippen molar-refractivity contribution in [2.24, 2.45) is 0 Å². The van der Waals surface area contributed by atoms with Gasteiger partial charge in [0.15, 0.2) is 0 Å². The number of anilines is 2. The van der Waals surface area contributed by atoms with E-state index < -0.39 is 0 Å². The largest absolute Gasteiger partial charge is 0.495 e. The zero-order chi connectivity index (χ0) is 11.3. The van der Waals surface area contributed by atoms with Crippen LogP contribution < -0.4 is 15.8 Å². The summed E-state index contributed by atoms with van der Waals surface area (Å²) in [5.41, 5.74) is 6.90. The van der Waals surface area contributed by atoms with E-state index in [1.165, 1.54) is 11.8 Å². The molecule has 0 fully saturated rings. The normalized spacial score (nSPS) is 9.12. The van der Waals surface area contributed by atoms with Gasteiger partial charge in [-0.3, -0.25) is 4.79 Å². The quantitative estimate of drug-likeness (QED) is 0.815. The van der Waals surface area contributed by atoms with Crippen molar-refractivity contribution in [3.63, 3.8) is 0 Å². The van der Waals surface area contributed by atoms with Crippen LogP contribution in [-0.4, -0.2) is 25.0 Å². The first-order valence-electron chi connectivity index (χ1n) is 4.39. The van der Waals surface area contributed by atoms with Gasteiger partial charge in [-0.1, -0.05) is 0 Å². The molecule has 0 radical (unpaired) electrons. The number of nitrogens with one attached hydrogen (secondary N) is 1. The van der Waals surface area contributed by atoms with Gasteiger partial charge in [-0.2, -0.15) is 11.8 Å². The van der Waals surface area contributed by atoms with Gasteiger partial charge < -0.3 is 15.8 Å². The molecular weight excluding hydrogens is 248 g/mol. The first-order chi connectivity index (χ1) is 7.17. The first-order valence-corrected chi connectivity index (χ1v) is 5.79. The Morgan fingerprint density at radius 3 is 2.75 bits per heavy atom. The summed E-state index contributed by atoms with van der Waals surface area (Å²) in [6, 6.07) is 5.16. The molecule has 0 saturated carbocycles. The highest BCUT2D eigenvalue weighted by molar-refractivity contribution is 7.99. The van der Waals surface area contributed by atoms with E-state index in [4.69, 9.17) is 10.5 Å². The van der Waals surface area contributed by atoms with Crippen molar-refractivity contribution in [2.75, 3.05) is 30.2 Å². The van der Waals surface area contributed by atoms with E-state index in [9.17, 15) is 4.79 Å². The molecule has 0 aliphatic carbocycles. The number of carbonyl (C=O) groups is 1. The van der Waals surface area contributed by atoms with Crippen molar-refractivity contribution in [3.8, 4) is 5.75 Å². The molecule has 1 amide bonds. The minimum atomic E-state index is -0.0351. The van der Waals surface area contributed by atoms with Crippen LogP contribution in [0.15, 0.2) is 18.2 Å². The number of hydrogen-bond donors (Lipinski definition) is 2. The number of benzene rings is 1. The second kappa shape index (κ2) is 7.24. The van der Waals surface area contributed by atoms with Crippen molar-refractivity contribution in [1.29, 1.82) is 0 Å². The van der Waals surface area contributed by atoms with Gasteiger partial charge in [-0.05, 0) is 24.5 Å². The number of carbonyl (C=O) groups excluding carboxylic acids is 1. The van der Waals surface area contributed by atoms with Gasteiger partial charge >= 0.3 is 0 Å². The molecule has 0 aromatic heterocycles. The monoisotopic (exact) mass is 262 g/mol. The molecule has 0 bridgehead atoms. The van der Waals surface area contributed by atoms with E-state index in [0.29, 0.717) is 22.9 Å². The van der Waals surface area contributed by atoms with Crippen LogP contribution in [0.5, 0.6) is 5.75 Å². The third-order valence-corrected chi connectivity index (χ3v) is 2.34. The molecule has 16 heavy (non-hydrogen) atoms. The standard InChI is InChI=1S/C10H14N2O2S.ClH/c1-14-9-4-3-7(5-8(9)11)12-10(13)6-15-2;/h3-5H,6,11H2,1-2H3,(H,12,13);1H. The average Bonchev–Trinajstić information content (AvgIpc) is 2.18. The zero-order valence-corrected chi connectivity index (χ0v) is 10.8. The van der Waals surface area contributed by atoms with E-state index in [1.54, 1.807) is 25.3 Å². The summed E-state index contributed by atoms with van der Waals surface area (Å²) in [5, 5.41) is 2.74. The third kappa shape index (κ3) is 4.20. The number of halogens is 1. The highest BCUT2D eigenvalue weighted by Gasteiger charge is 2.03. The Morgan fingerprint density at radius 1 is 1.56 bits per heavy atom. The van der Waals surface area contributed by atoms with Crippen molar-refractivity contribution in [2.45, 2.75) is 0 Å². The lowest BCUT2D eigenvalue weighted by atomic mass is 10.2. The van der Waals surface area contributed by atoms with Crippen LogP contribution in [0.25, 0.3) is 0 Å². The fourth-order valence-corrected chi connectivity index (χ4v) is 1.47. The molecular formula is C10H15ClN2O2S. The molecule has 90 valence electrons. The number of hydrogen-bond acceptors (Lipinski definition) is 4. The smallest absolute Gasteiger partial charge is 0.234 e. The summed E-state index contributed by atoms with van der Waals surface area (Å²) in [6.07, 6.45) is 1.88. The molecule has 0 heterocycles. The average molecular weight is 263 g/mol. The molecule has 1 rings (SSSR count). The van der Waals surface area contributed by atoms with Gasteiger partial charge in [0, 0.05) is 5.69 Å². The topological polar surface area (TPSA) is 64.3 Å². The molecule has 0 aliphatic rings. The lowest BCUT2D eigenvalue weighted by Gasteiger charge is -2.08. The minimum absolute atomic E-state index is 0. The number of ether oxygens (including phenoxy) is 1. The summed E-state index contributed by atoms with van der Waals surface area (Å²) in [6.45, 7) is 0. The van der Waals surface area contributed by atoms with Gasteiger partial charge in [-0.15, -0.1) is 12.4 Å². The van der Waals surface area contributed by atoms with E-state index in [2.05, 4.69) is 5.32 Å². The van der Waals surface area contributed by atoms with Crippen LogP contribution >= 0.6 is 24.2 Å². The second-order valence-electron chi connectivity index (χ2n) is 2.94. The Labute approximate surface area is 105 Å². The van der Waals surface area contributed by atoms with Gasteiger partial charge in [0.2, 0.25) is 5.91 Å². The van der Waals surface area contributed by atoms with E-state index in [1.807, 2.05) is 6.26 Å². The fourth-order valence-electron chi connectivity index (χ4n) is 1.14. The van der Waals surface area contributed by atoms with Crippen molar-refractivity contribution < 1.29 is 9.53 Å². The van der Waals surface area contributed by atoms with Gasteiger partial charge in [0.1, 0.15) is 5.75 Å². The summed E-state index contributed by atoms with van der Waals surface area (Å²) < 4.78 is 5.01. The predicted octanol–water partition coefficient (Wildman–Crippen LogP) is 2.00. The van der Waals surface area contributed by atoms with Crippen LogP contribution in [0, 0.1) is 0 Å². The third-order valence-electron chi connectivity index (χ3n) is 1.79. The molecule has 0 unspecified atom stereocenters. The maximum Gasteiger partial charge on any atom is 0.234 e. The summed E-state index contributed by atoms with van der Waals surface area (Å²) in [7, 11) is 1.55. The van der Waals surface area contributed by atoms with Crippen molar-refractivity contribution in [1.82, 2.24) is 0 Å². The first kappa shape index (κ1) is 14.9. The van der Waals surface area contributed by atoms with Gasteiger partial charge in [0.05, 0.1) is 18.6 Å². The van der Waals surface area contributed by atoms with Crippen molar-refractivity contribution >= 4 is 41.5 Å². The second-order valence-corrected chi connectivity index (χ2v) is 3.80. The minimum Gasteiger partial charge on any atom is -0.495 e. The molecule has 0 aliphatic heterocycles. The summed E-state index contributed by atoms with van der Waals surface area (Å²) in [4.78, 5) is 11.3. The molecule has 4 nitrogen and oxygen atoms in total. The molecule has 1 aromatic rings. The van der Waals surface area contributed by atoms with Gasteiger partial charge in [-0.25, -0.2) is 0 Å². The molecule has 6 heteroatoms.